The number of benzene rings is 3. The molecule has 0 N–H and O–H groups in total. The Labute approximate surface area is 207 Å². The second-order valence-electron chi connectivity index (χ2n) is 10.3. The van der Waals surface area contributed by atoms with Gasteiger partial charge in [0, 0.05) is 5.56 Å². The van der Waals surface area contributed by atoms with Gasteiger partial charge in [0.15, 0.2) is 4.90 Å². The van der Waals surface area contributed by atoms with E-state index in [-0.39, 0.29) is 11.5 Å². The molecule has 0 saturated carbocycles. The van der Waals surface area contributed by atoms with Crippen molar-refractivity contribution in [2.24, 2.45) is 0 Å². The van der Waals surface area contributed by atoms with Gasteiger partial charge in [-0.1, -0.05) is 50.2 Å². The van der Waals surface area contributed by atoms with Crippen LogP contribution in [0.1, 0.15) is 78.5 Å². The Morgan fingerprint density at radius 3 is 2.12 bits per heavy atom. The third-order valence-corrected chi connectivity index (χ3v) is 8.09. The van der Waals surface area contributed by atoms with Gasteiger partial charge in [0.2, 0.25) is 0 Å². The minimum atomic E-state index is -0.976. The smallest absolute Gasteiger partial charge is 0.152 e. The molecule has 4 rings (SSSR count). The van der Waals surface area contributed by atoms with Crippen molar-refractivity contribution in [1.82, 2.24) is 0 Å². The molecule has 0 saturated heterocycles. The van der Waals surface area contributed by atoms with Gasteiger partial charge in [-0.15, -0.1) is 0 Å². The fourth-order valence-electron chi connectivity index (χ4n) is 5.06. The van der Waals surface area contributed by atoms with Gasteiger partial charge in [-0.3, -0.25) is 0 Å². The van der Waals surface area contributed by atoms with Crippen LogP contribution in [0.5, 0.6) is 11.5 Å². The number of rotatable bonds is 6. The van der Waals surface area contributed by atoms with Gasteiger partial charge >= 0.3 is 0 Å². The molecular formula is C30H36O3S. The van der Waals surface area contributed by atoms with Crippen LogP contribution in [0.15, 0.2) is 53.4 Å². The van der Waals surface area contributed by atoms with Crippen molar-refractivity contribution < 1.29 is 14.0 Å². The van der Waals surface area contributed by atoms with E-state index >= 15 is 0 Å². The maximum atomic E-state index is 11.7. The molecule has 2 unspecified atom stereocenters. The van der Waals surface area contributed by atoms with Crippen molar-refractivity contribution in [3.05, 3.63) is 87.5 Å². The SMILES string of the molecule is Cc1c(C)c2c(c(C)c1OCc1ccc([S+](C)[O-])cc1)C(c1ccc(C(C)C)cc1)C(C)(C)O2. The molecule has 0 fully saturated rings. The lowest BCUT2D eigenvalue weighted by Gasteiger charge is -2.27. The van der Waals surface area contributed by atoms with E-state index in [9.17, 15) is 4.55 Å². The van der Waals surface area contributed by atoms with Crippen LogP contribution in [0, 0.1) is 20.8 Å². The van der Waals surface area contributed by atoms with Crippen molar-refractivity contribution in [3.8, 4) is 11.5 Å². The zero-order valence-electron chi connectivity index (χ0n) is 21.6. The molecule has 180 valence electrons. The van der Waals surface area contributed by atoms with Crippen LogP contribution in [0.25, 0.3) is 0 Å². The Hall–Kier alpha value is -2.43. The van der Waals surface area contributed by atoms with Crippen molar-refractivity contribution in [2.45, 2.75) is 77.4 Å². The first-order valence-corrected chi connectivity index (χ1v) is 13.5. The Bertz CT molecular complexity index is 1180. The first-order chi connectivity index (χ1) is 16.0. The van der Waals surface area contributed by atoms with Gasteiger partial charge < -0.3 is 14.0 Å². The number of hydrogen-bond donors (Lipinski definition) is 0. The van der Waals surface area contributed by atoms with Gasteiger partial charge in [0.05, 0.1) is 5.92 Å². The molecule has 3 aromatic carbocycles. The third-order valence-electron chi connectivity index (χ3n) is 7.16. The van der Waals surface area contributed by atoms with E-state index in [1.165, 1.54) is 16.7 Å². The maximum absolute atomic E-state index is 11.7. The van der Waals surface area contributed by atoms with E-state index in [1.807, 2.05) is 24.3 Å². The van der Waals surface area contributed by atoms with E-state index in [0.29, 0.717) is 12.5 Å². The van der Waals surface area contributed by atoms with Crippen molar-refractivity contribution in [2.75, 3.05) is 6.26 Å². The summed E-state index contributed by atoms with van der Waals surface area (Å²) in [6, 6.07) is 16.8. The summed E-state index contributed by atoms with van der Waals surface area (Å²) in [4.78, 5) is 0.829. The van der Waals surface area contributed by atoms with E-state index in [4.69, 9.17) is 9.47 Å². The molecule has 3 nitrogen and oxygen atoms in total. The van der Waals surface area contributed by atoms with E-state index < -0.39 is 11.2 Å². The topological polar surface area (TPSA) is 41.5 Å². The van der Waals surface area contributed by atoms with E-state index in [1.54, 1.807) is 6.26 Å². The molecule has 0 spiro atoms. The quantitative estimate of drug-likeness (QED) is 0.349. The van der Waals surface area contributed by atoms with Crippen LogP contribution in [-0.2, 0) is 17.8 Å². The van der Waals surface area contributed by atoms with Crippen molar-refractivity contribution >= 4 is 11.2 Å². The summed E-state index contributed by atoms with van der Waals surface area (Å²) in [7, 11) is 0. The maximum Gasteiger partial charge on any atom is 0.152 e. The van der Waals surface area contributed by atoms with Crippen molar-refractivity contribution in [1.29, 1.82) is 0 Å². The average Bonchev–Trinajstić information content (AvgIpc) is 3.09. The van der Waals surface area contributed by atoms with Crippen LogP contribution in [0.3, 0.4) is 0 Å². The largest absolute Gasteiger partial charge is 0.612 e. The minimum absolute atomic E-state index is 0.129. The molecular weight excluding hydrogens is 440 g/mol. The minimum Gasteiger partial charge on any atom is -0.612 e. The van der Waals surface area contributed by atoms with Gasteiger partial charge in [-0.2, -0.15) is 0 Å². The predicted molar refractivity (Wildman–Crippen MR) is 141 cm³/mol. The Morgan fingerprint density at radius 1 is 0.941 bits per heavy atom. The molecule has 0 radical (unpaired) electrons. The Balaban J connectivity index is 1.72. The molecule has 0 aromatic heterocycles. The van der Waals surface area contributed by atoms with Gasteiger partial charge in [-0.25, -0.2) is 0 Å². The second kappa shape index (κ2) is 9.31. The molecule has 34 heavy (non-hydrogen) atoms. The van der Waals surface area contributed by atoms with Crippen LogP contribution < -0.4 is 9.47 Å². The monoisotopic (exact) mass is 476 g/mol. The zero-order chi connectivity index (χ0) is 24.8. The predicted octanol–water partition coefficient (Wildman–Crippen LogP) is 7.35. The van der Waals surface area contributed by atoms with Gasteiger partial charge in [0.1, 0.15) is 30.0 Å². The summed E-state index contributed by atoms with van der Waals surface area (Å²) in [6.07, 6.45) is 1.70. The molecule has 0 amide bonds. The summed E-state index contributed by atoms with van der Waals surface area (Å²) < 4.78 is 24.7. The highest BCUT2D eigenvalue weighted by molar-refractivity contribution is 7.90. The molecule has 4 heteroatoms. The highest BCUT2D eigenvalue weighted by Gasteiger charge is 2.45. The van der Waals surface area contributed by atoms with E-state index in [0.717, 1.165) is 38.6 Å². The molecule has 1 aliphatic heterocycles. The second-order valence-corrected chi connectivity index (χ2v) is 11.7. The standard InChI is InChI=1S/C30H36O3S/c1-18(2)23-11-13-24(14-12-23)27-26-21(5)28(19(3)20(4)29(26)33-30(27,6)7)32-17-22-9-15-25(16-10-22)34(8)31/h9-16,18,27H,17H2,1-8H3. The first-order valence-electron chi connectivity index (χ1n) is 12.0. The lowest BCUT2D eigenvalue weighted by Crippen LogP contribution is -2.31. The number of fused-ring (bicyclic) bond motifs is 1. The summed E-state index contributed by atoms with van der Waals surface area (Å²) in [5.41, 5.74) is 7.96. The van der Waals surface area contributed by atoms with Crippen molar-refractivity contribution in [3.63, 3.8) is 0 Å². The van der Waals surface area contributed by atoms with Crippen LogP contribution in [0.4, 0.5) is 0 Å². The van der Waals surface area contributed by atoms with Gasteiger partial charge in [-0.05, 0) is 97.2 Å². The molecule has 1 aliphatic rings. The molecule has 0 aliphatic carbocycles. The first kappa shape index (κ1) is 24.7. The molecule has 3 aromatic rings. The average molecular weight is 477 g/mol. The number of hydrogen-bond acceptors (Lipinski definition) is 3. The van der Waals surface area contributed by atoms with Crippen LogP contribution in [-0.4, -0.2) is 16.4 Å². The Morgan fingerprint density at radius 2 is 1.56 bits per heavy atom. The zero-order valence-corrected chi connectivity index (χ0v) is 22.4. The third kappa shape index (κ3) is 4.46. The summed E-state index contributed by atoms with van der Waals surface area (Å²) in [6.45, 7) is 15.7. The van der Waals surface area contributed by atoms with Crippen LogP contribution >= 0.6 is 0 Å². The summed E-state index contributed by atoms with van der Waals surface area (Å²) in [5.74, 6) is 2.57. The normalized spacial score (nSPS) is 17.4. The molecule has 2 atom stereocenters. The number of ether oxygens (including phenoxy) is 2. The highest BCUT2D eigenvalue weighted by atomic mass is 32.2. The fourth-order valence-corrected chi connectivity index (χ4v) is 5.58. The molecule has 0 bridgehead atoms. The van der Waals surface area contributed by atoms with Gasteiger partial charge in [0.25, 0.3) is 0 Å². The molecule has 1 heterocycles. The summed E-state index contributed by atoms with van der Waals surface area (Å²) >= 11 is -0.976. The highest BCUT2D eigenvalue weighted by Crippen LogP contribution is 2.54. The lowest BCUT2D eigenvalue weighted by molar-refractivity contribution is 0.121. The summed E-state index contributed by atoms with van der Waals surface area (Å²) in [5, 5.41) is 0. The fraction of sp³-hybridized carbons (Fsp3) is 0.400. The van der Waals surface area contributed by atoms with E-state index in [2.05, 4.69) is 72.7 Å². The lowest BCUT2D eigenvalue weighted by atomic mass is 9.78. The van der Waals surface area contributed by atoms with Crippen LogP contribution in [0.2, 0.25) is 0 Å². The Kier molecular flexibility index (Phi) is 6.76.